The van der Waals surface area contributed by atoms with Gasteiger partial charge in [0.2, 0.25) is 10.0 Å². The Bertz CT molecular complexity index is 1250. The molecule has 33 heavy (non-hydrogen) atoms. The van der Waals surface area contributed by atoms with Crippen molar-refractivity contribution in [2.75, 3.05) is 11.9 Å². The number of carbonyl (C=O) groups is 1. The first-order chi connectivity index (χ1) is 15.7. The van der Waals surface area contributed by atoms with Crippen LogP contribution in [0.2, 0.25) is 5.02 Å². The average Bonchev–Trinajstić information content (AvgIpc) is 3.29. The van der Waals surface area contributed by atoms with Gasteiger partial charge in [-0.1, -0.05) is 17.7 Å². The van der Waals surface area contributed by atoms with Gasteiger partial charge >= 0.3 is 5.97 Å². The van der Waals surface area contributed by atoms with E-state index in [4.69, 9.17) is 20.8 Å². The molecule has 3 rings (SSSR count). The minimum absolute atomic E-state index is 0.0522. The van der Waals surface area contributed by atoms with Crippen molar-refractivity contribution >= 4 is 39.0 Å². The Morgan fingerprint density at radius 2 is 2.00 bits per heavy atom. The van der Waals surface area contributed by atoms with Crippen LogP contribution in [-0.4, -0.2) is 25.9 Å². The van der Waals surface area contributed by atoms with Crippen LogP contribution in [0.25, 0.3) is 0 Å². The van der Waals surface area contributed by atoms with Crippen LogP contribution in [0.15, 0.2) is 64.1 Å². The summed E-state index contributed by atoms with van der Waals surface area (Å²) in [7, 11) is -4.29. The molecule has 0 aliphatic rings. The van der Waals surface area contributed by atoms with Crippen molar-refractivity contribution in [3.05, 3.63) is 87.1 Å². The van der Waals surface area contributed by atoms with Gasteiger partial charge in [-0.15, -0.1) is 0 Å². The molecular formula is C20H17ClFN3O7S. The summed E-state index contributed by atoms with van der Waals surface area (Å²) in [6.45, 7) is -1.12. The van der Waals surface area contributed by atoms with Gasteiger partial charge in [0.15, 0.2) is 0 Å². The molecule has 2 aromatic carbocycles. The Labute approximate surface area is 192 Å². The summed E-state index contributed by atoms with van der Waals surface area (Å²) in [6, 6.07) is 10.5. The van der Waals surface area contributed by atoms with E-state index in [0.717, 1.165) is 18.2 Å². The number of nitrogens with one attached hydrogen (secondary N) is 2. The number of nitrogens with zero attached hydrogens (tertiary/aromatic N) is 1. The van der Waals surface area contributed by atoms with Crippen LogP contribution >= 0.6 is 11.6 Å². The van der Waals surface area contributed by atoms with Gasteiger partial charge in [0.25, 0.3) is 5.69 Å². The second-order valence-corrected chi connectivity index (χ2v) is 8.73. The zero-order chi connectivity index (χ0) is 24.0. The third-order valence-corrected chi connectivity index (χ3v) is 6.11. The molecule has 0 saturated heterocycles. The highest BCUT2D eigenvalue weighted by molar-refractivity contribution is 7.89. The lowest BCUT2D eigenvalue weighted by atomic mass is 10.2. The number of furan rings is 1. The zero-order valence-electron chi connectivity index (χ0n) is 16.8. The number of nitro groups is 1. The third kappa shape index (κ3) is 6.28. The fraction of sp³-hybridized carbons (Fsp3) is 0.150. The molecule has 0 spiro atoms. The number of esters is 1. The number of hydrogen-bond acceptors (Lipinski definition) is 8. The van der Waals surface area contributed by atoms with Gasteiger partial charge in [0.1, 0.15) is 30.4 Å². The van der Waals surface area contributed by atoms with Crippen LogP contribution in [0.1, 0.15) is 11.3 Å². The molecule has 0 aliphatic carbocycles. The second-order valence-electron chi connectivity index (χ2n) is 6.55. The number of anilines is 1. The van der Waals surface area contributed by atoms with Crippen LogP contribution in [0.3, 0.4) is 0 Å². The van der Waals surface area contributed by atoms with Gasteiger partial charge in [0.05, 0.1) is 27.6 Å². The molecule has 0 fully saturated rings. The molecule has 1 heterocycles. The molecule has 0 aliphatic heterocycles. The normalized spacial score (nSPS) is 11.2. The summed E-state index contributed by atoms with van der Waals surface area (Å²) < 4.78 is 50.7. The third-order valence-electron chi connectivity index (χ3n) is 4.36. The minimum atomic E-state index is -4.29. The average molecular weight is 498 g/mol. The molecule has 0 amide bonds. The van der Waals surface area contributed by atoms with Crippen LogP contribution in [0.4, 0.5) is 15.8 Å². The van der Waals surface area contributed by atoms with E-state index in [0.29, 0.717) is 5.76 Å². The van der Waals surface area contributed by atoms with E-state index in [1.54, 1.807) is 12.1 Å². The maximum Gasteiger partial charge on any atom is 0.321 e. The quantitative estimate of drug-likeness (QED) is 0.246. The number of hydrogen-bond donors (Lipinski definition) is 2. The van der Waals surface area contributed by atoms with Gasteiger partial charge in [-0.05, 0) is 36.4 Å². The highest BCUT2D eigenvalue weighted by atomic mass is 35.5. The van der Waals surface area contributed by atoms with Crippen molar-refractivity contribution in [1.82, 2.24) is 4.72 Å². The van der Waals surface area contributed by atoms with Gasteiger partial charge in [-0.2, -0.15) is 4.72 Å². The van der Waals surface area contributed by atoms with Gasteiger partial charge in [-0.25, -0.2) is 12.8 Å². The number of ether oxygens (including phenoxy) is 1. The number of sulfonamides is 1. The number of rotatable bonds is 10. The molecule has 13 heteroatoms. The predicted molar refractivity (Wildman–Crippen MR) is 116 cm³/mol. The van der Waals surface area contributed by atoms with E-state index in [-0.39, 0.29) is 22.8 Å². The highest BCUT2D eigenvalue weighted by Gasteiger charge is 2.22. The summed E-state index contributed by atoms with van der Waals surface area (Å²) >= 11 is 5.84. The van der Waals surface area contributed by atoms with Crippen molar-refractivity contribution in [1.29, 1.82) is 0 Å². The first-order valence-corrected chi connectivity index (χ1v) is 11.2. The number of nitro benzene ring substituents is 1. The predicted octanol–water partition coefficient (Wildman–Crippen LogP) is 3.61. The fourth-order valence-electron chi connectivity index (χ4n) is 2.69. The van der Waals surface area contributed by atoms with Crippen molar-refractivity contribution in [2.24, 2.45) is 0 Å². The monoisotopic (exact) mass is 497 g/mol. The fourth-order valence-corrected chi connectivity index (χ4v) is 3.89. The Hall–Kier alpha value is -3.48. The zero-order valence-corrected chi connectivity index (χ0v) is 18.4. The molecule has 0 unspecified atom stereocenters. The van der Waals surface area contributed by atoms with Crippen LogP contribution in [0.5, 0.6) is 0 Å². The van der Waals surface area contributed by atoms with Crippen molar-refractivity contribution in [3.8, 4) is 0 Å². The van der Waals surface area contributed by atoms with Crippen molar-refractivity contribution in [3.63, 3.8) is 0 Å². The SMILES string of the molecule is O=C(CNS(=O)(=O)c1ccc(NCc2ccco2)c([N+](=O)[O-])c1)OCc1c(F)cccc1Cl. The molecular weight excluding hydrogens is 481 g/mol. The molecule has 174 valence electrons. The minimum Gasteiger partial charge on any atom is -0.467 e. The number of benzene rings is 2. The largest absolute Gasteiger partial charge is 0.467 e. The van der Waals surface area contributed by atoms with E-state index in [1.807, 2.05) is 4.72 Å². The highest BCUT2D eigenvalue weighted by Crippen LogP contribution is 2.28. The molecule has 0 bridgehead atoms. The van der Waals surface area contributed by atoms with E-state index in [1.165, 1.54) is 24.5 Å². The molecule has 1 aromatic heterocycles. The van der Waals surface area contributed by atoms with Crippen molar-refractivity contribution < 1.29 is 31.7 Å². The molecule has 0 atom stereocenters. The summed E-state index contributed by atoms with van der Waals surface area (Å²) in [6.07, 6.45) is 1.45. The van der Waals surface area contributed by atoms with E-state index < -0.39 is 50.5 Å². The topological polar surface area (TPSA) is 141 Å². The smallest absolute Gasteiger partial charge is 0.321 e. The van der Waals surface area contributed by atoms with Gasteiger partial charge < -0.3 is 14.5 Å². The van der Waals surface area contributed by atoms with E-state index in [9.17, 15) is 27.7 Å². The second kappa shape index (κ2) is 10.4. The maximum absolute atomic E-state index is 13.7. The first-order valence-electron chi connectivity index (χ1n) is 9.30. The summed E-state index contributed by atoms with van der Waals surface area (Å²) in [5, 5.41) is 14.3. The number of halogens is 2. The molecule has 10 nitrogen and oxygen atoms in total. The first kappa shape index (κ1) is 24.2. The van der Waals surface area contributed by atoms with Crippen LogP contribution in [0, 0.1) is 15.9 Å². The lowest BCUT2D eigenvalue weighted by Gasteiger charge is -2.10. The maximum atomic E-state index is 13.7. The molecule has 2 N–H and O–H groups in total. The summed E-state index contributed by atoms with van der Waals surface area (Å²) in [4.78, 5) is 22.1. The Balaban J connectivity index is 1.64. The van der Waals surface area contributed by atoms with E-state index >= 15 is 0 Å². The number of carbonyl (C=O) groups excluding carboxylic acids is 1. The van der Waals surface area contributed by atoms with E-state index in [2.05, 4.69) is 5.32 Å². The summed E-state index contributed by atoms with van der Waals surface area (Å²) in [5.41, 5.74) is -0.457. The molecule has 0 radical (unpaired) electrons. The van der Waals surface area contributed by atoms with Gasteiger partial charge in [-0.3, -0.25) is 14.9 Å². The Morgan fingerprint density at radius 3 is 2.67 bits per heavy atom. The molecule has 3 aromatic rings. The lowest BCUT2D eigenvalue weighted by Crippen LogP contribution is -2.30. The molecule has 0 saturated carbocycles. The van der Waals surface area contributed by atoms with Crippen LogP contribution in [-0.2, 0) is 32.7 Å². The summed E-state index contributed by atoms with van der Waals surface area (Å²) in [5.74, 6) is -1.15. The van der Waals surface area contributed by atoms with Crippen molar-refractivity contribution in [2.45, 2.75) is 18.0 Å². The van der Waals surface area contributed by atoms with Gasteiger partial charge in [0, 0.05) is 11.6 Å². The Morgan fingerprint density at radius 1 is 1.21 bits per heavy atom. The standard InChI is InChI=1S/C20H17ClFN3O7S/c21-16-4-1-5-17(22)15(16)12-32-20(26)11-24-33(29,30)14-6-7-18(19(9-14)25(27)28)23-10-13-3-2-8-31-13/h1-9,23-24H,10-12H2. The lowest BCUT2D eigenvalue weighted by molar-refractivity contribution is -0.384. The Kier molecular flexibility index (Phi) is 7.63. The van der Waals surface area contributed by atoms with Crippen LogP contribution < -0.4 is 10.0 Å².